The number of hydrogen-bond donors (Lipinski definition) is 0. The van der Waals surface area contributed by atoms with Crippen molar-refractivity contribution >= 4 is 17.7 Å². The highest BCUT2D eigenvalue weighted by molar-refractivity contribution is 7.99. The van der Waals surface area contributed by atoms with Gasteiger partial charge in [-0.1, -0.05) is 25.6 Å². The molecule has 1 aromatic carbocycles. The monoisotopic (exact) mass is 407 g/mol. The molecule has 0 saturated carbocycles. The van der Waals surface area contributed by atoms with Gasteiger partial charge >= 0.3 is 0 Å². The first-order valence-corrected chi connectivity index (χ1v) is 10.4. The summed E-state index contributed by atoms with van der Waals surface area (Å²) in [5, 5.41) is 8.51. The summed E-state index contributed by atoms with van der Waals surface area (Å²) in [5.41, 5.74) is 0.676. The summed E-state index contributed by atoms with van der Waals surface area (Å²) in [7, 11) is 3.16. The average molecular weight is 408 g/mol. The molecule has 8 heteroatoms. The van der Waals surface area contributed by atoms with Gasteiger partial charge in [0.2, 0.25) is 5.91 Å². The summed E-state index contributed by atoms with van der Waals surface area (Å²) in [5.74, 6) is 1.94. The third-order valence-corrected chi connectivity index (χ3v) is 5.59. The minimum Gasteiger partial charge on any atom is -0.497 e. The maximum Gasteiger partial charge on any atom is 0.277 e. The van der Waals surface area contributed by atoms with Crippen LogP contribution >= 0.6 is 11.8 Å². The molecule has 0 aliphatic rings. The van der Waals surface area contributed by atoms with Crippen LogP contribution in [-0.2, 0) is 4.79 Å². The van der Waals surface area contributed by atoms with E-state index in [4.69, 9.17) is 13.9 Å². The van der Waals surface area contributed by atoms with Crippen LogP contribution in [0.25, 0.3) is 11.5 Å². The van der Waals surface area contributed by atoms with E-state index in [0.717, 1.165) is 12.8 Å². The van der Waals surface area contributed by atoms with E-state index in [0.29, 0.717) is 28.2 Å². The van der Waals surface area contributed by atoms with Crippen LogP contribution < -0.4 is 9.47 Å². The van der Waals surface area contributed by atoms with Crippen molar-refractivity contribution in [3.05, 3.63) is 18.2 Å². The molecule has 2 rings (SSSR count). The quantitative estimate of drug-likeness (QED) is 0.544. The SMILES string of the molecule is CC[C@H](C)N(C(=O)CSc1nnc(-c2ccc(OC)cc2OC)o1)[C@@H](C)CC. The molecule has 0 aliphatic carbocycles. The molecule has 0 radical (unpaired) electrons. The van der Waals surface area contributed by atoms with Gasteiger partial charge < -0.3 is 18.8 Å². The number of benzene rings is 1. The van der Waals surface area contributed by atoms with E-state index in [1.54, 1.807) is 32.4 Å². The second-order valence-corrected chi connectivity index (χ2v) is 7.47. The molecule has 0 fully saturated rings. The lowest BCUT2D eigenvalue weighted by Crippen LogP contribution is -2.45. The number of carbonyl (C=O) groups is 1. The summed E-state index contributed by atoms with van der Waals surface area (Å²) in [6.07, 6.45) is 1.84. The van der Waals surface area contributed by atoms with Crippen LogP contribution in [-0.4, -0.2) is 53.1 Å². The van der Waals surface area contributed by atoms with Crippen molar-refractivity contribution in [2.24, 2.45) is 0 Å². The number of amides is 1. The molecule has 0 saturated heterocycles. The van der Waals surface area contributed by atoms with Crippen LogP contribution in [0.3, 0.4) is 0 Å². The Balaban J connectivity index is 2.10. The van der Waals surface area contributed by atoms with Gasteiger partial charge in [-0.25, -0.2) is 0 Å². The lowest BCUT2D eigenvalue weighted by Gasteiger charge is -2.33. The largest absolute Gasteiger partial charge is 0.497 e. The Morgan fingerprint density at radius 1 is 1.14 bits per heavy atom. The Morgan fingerprint density at radius 2 is 1.82 bits per heavy atom. The standard InChI is InChI=1S/C20H29N3O4S/c1-7-13(3)23(14(4)8-2)18(24)12-28-20-22-21-19(27-20)16-10-9-15(25-5)11-17(16)26-6/h9-11,13-14H,7-8,12H2,1-6H3/t13-,14-/m0/s1. The summed E-state index contributed by atoms with van der Waals surface area (Å²) in [6.45, 7) is 8.34. The van der Waals surface area contributed by atoms with Crippen molar-refractivity contribution < 1.29 is 18.7 Å². The number of methoxy groups -OCH3 is 2. The number of nitrogens with zero attached hydrogens (tertiary/aromatic N) is 3. The van der Waals surface area contributed by atoms with E-state index in [-0.39, 0.29) is 23.7 Å². The van der Waals surface area contributed by atoms with Crippen LogP contribution in [0, 0.1) is 0 Å². The fourth-order valence-corrected chi connectivity index (χ4v) is 3.50. The summed E-state index contributed by atoms with van der Waals surface area (Å²) >= 11 is 1.25. The predicted octanol–water partition coefficient (Wildman–Crippen LogP) is 4.27. The zero-order chi connectivity index (χ0) is 20.7. The van der Waals surface area contributed by atoms with Crippen molar-refractivity contribution in [3.63, 3.8) is 0 Å². The molecule has 0 N–H and O–H groups in total. The molecule has 2 atom stereocenters. The van der Waals surface area contributed by atoms with Gasteiger partial charge in [-0.05, 0) is 38.8 Å². The fraction of sp³-hybridized carbons (Fsp3) is 0.550. The first-order valence-electron chi connectivity index (χ1n) is 9.44. The maximum absolute atomic E-state index is 12.7. The first kappa shape index (κ1) is 22.1. The molecular formula is C20H29N3O4S. The Hall–Kier alpha value is -2.22. The lowest BCUT2D eigenvalue weighted by molar-refractivity contribution is -0.132. The molecule has 0 spiro atoms. The van der Waals surface area contributed by atoms with Gasteiger partial charge in [0, 0.05) is 18.2 Å². The lowest BCUT2D eigenvalue weighted by atomic mass is 10.1. The average Bonchev–Trinajstić information content (AvgIpc) is 3.20. The molecule has 1 heterocycles. The molecular weight excluding hydrogens is 378 g/mol. The van der Waals surface area contributed by atoms with Crippen LogP contribution in [0.5, 0.6) is 11.5 Å². The van der Waals surface area contributed by atoms with Gasteiger partial charge in [-0.2, -0.15) is 0 Å². The molecule has 0 unspecified atom stereocenters. The summed E-state index contributed by atoms with van der Waals surface area (Å²) in [4.78, 5) is 14.7. The maximum atomic E-state index is 12.7. The smallest absolute Gasteiger partial charge is 0.277 e. The van der Waals surface area contributed by atoms with Gasteiger partial charge in [0.05, 0.1) is 25.5 Å². The van der Waals surface area contributed by atoms with E-state index in [2.05, 4.69) is 37.9 Å². The third-order valence-electron chi connectivity index (χ3n) is 4.78. The molecule has 0 aliphatic heterocycles. The van der Waals surface area contributed by atoms with E-state index >= 15 is 0 Å². The van der Waals surface area contributed by atoms with E-state index in [1.165, 1.54) is 11.8 Å². The Kier molecular flexibility index (Phi) is 8.17. The number of rotatable bonds is 10. The van der Waals surface area contributed by atoms with Gasteiger partial charge in [0.25, 0.3) is 11.1 Å². The molecule has 1 aromatic heterocycles. The van der Waals surface area contributed by atoms with Crippen molar-refractivity contribution in [2.45, 2.75) is 57.8 Å². The number of aromatic nitrogens is 2. The number of thioether (sulfide) groups is 1. The molecule has 154 valence electrons. The van der Waals surface area contributed by atoms with Gasteiger partial charge in [0.15, 0.2) is 0 Å². The van der Waals surface area contributed by atoms with Crippen molar-refractivity contribution in [1.29, 1.82) is 0 Å². The third kappa shape index (κ3) is 5.19. The minimum absolute atomic E-state index is 0.0791. The zero-order valence-corrected chi connectivity index (χ0v) is 18.2. The second-order valence-electron chi connectivity index (χ2n) is 6.54. The molecule has 0 bridgehead atoms. The summed E-state index contributed by atoms with van der Waals surface area (Å²) < 4.78 is 16.3. The molecule has 7 nitrogen and oxygen atoms in total. The topological polar surface area (TPSA) is 77.7 Å². The van der Waals surface area contributed by atoms with Crippen molar-refractivity contribution in [2.75, 3.05) is 20.0 Å². The highest BCUT2D eigenvalue weighted by Gasteiger charge is 2.24. The van der Waals surface area contributed by atoms with E-state index in [9.17, 15) is 4.79 Å². The number of carbonyl (C=O) groups excluding carboxylic acids is 1. The van der Waals surface area contributed by atoms with Crippen molar-refractivity contribution in [1.82, 2.24) is 15.1 Å². The van der Waals surface area contributed by atoms with Gasteiger partial charge in [-0.3, -0.25) is 4.79 Å². The minimum atomic E-state index is 0.0791. The van der Waals surface area contributed by atoms with Crippen LogP contribution in [0.1, 0.15) is 40.5 Å². The zero-order valence-electron chi connectivity index (χ0n) is 17.4. The van der Waals surface area contributed by atoms with Crippen molar-refractivity contribution in [3.8, 4) is 23.0 Å². The Labute approximate surface area is 170 Å². The number of hydrogen-bond acceptors (Lipinski definition) is 7. The highest BCUT2D eigenvalue weighted by atomic mass is 32.2. The molecule has 28 heavy (non-hydrogen) atoms. The van der Waals surface area contributed by atoms with Gasteiger partial charge in [0.1, 0.15) is 11.5 Å². The summed E-state index contributed by atoms with van der Waals surface area (Å²) in [6, 6.07) is 5.76. The fourth-order valence-electron chi connectivity index (χ4n) is 2.87. The molecule has 2 aromatic rings. The highest BCUT2D eigenvalue weighted by Crippen LogP contribution is 2.33. The van der Waals surface area contributed by atoms with Crippen LogP contribution in [0.2, 0.25) is 0 Å². The second kappa shape index (κ2) is 10.4. The van der Waals surface area contributed by atoms with E-state index < -0.39 is 0 Å². The Bertz CT molecular complexity index is 771. The molecule has 1 amide bonds. The van der Waals surface area contributed by atoms with Crippen LogP contribution in [0.15, 0.2) is 27.8 Å². The van der Waals surface area contributed by atoms with Crippen LogP contribution in [0.4, 0.5) is 0 Å². The number of ether oxygens (including phenoxy) is 2. The Morgan fingerprint density at radius 3 is 2.39 bits per heavy atom. The predicted molar refractivity (Wildman–Crippen MR) is 110 cm³/mol. The van der Waals surface area contributed by atoms with Gasteiger partial charge in [-0.15, -0.1) is 10.2 Å². The van der Waals surface area contributed by atoms with E-state index in [1.807, 2.05) is 4.90 Å². The first-order chi connectivity index (χ1) is 13.4. The normalized spacial score (nSPS) is 13.1.